The Morgan fingerprint density at radius 3 is 3.10 bits per heavy atom. The maximum Gasteiger partial charge on any atom is 0.200 e. The number of aromatic nitrogens is 2. The molecule has 0 atom stereocenters. The molecular formula is C7H11N3. The molecule has 1 aromatic heterocycles. The Morgan fingerprint density at radius 2 is 2.40 bits per heavy atom. The molecule has 2 N–H and O–H groups in total. The van der Waals surface area contributed by atoms with Gasteiger partial charge in [0, 0.05) is 12.2 Å². The summed E-state index contributed by atoms with van der Waals surface area (Å²) in [7, 11) is 0. The standard InChI is InChI=1S/C7H11N3/c1-5-6-3-2-4-10(6)7(8)9-5/h2-4H2,1H3,(H2,8,9). The van der Waals surface area contributed by atoms with Gasteiger partial charge >= 0.3 is 0 Å². The highest BCUT2D eigenvalue weighted by molar-refractivity contribution is 5.30. The lowest BCUT2D eigenvalue weighted by molar-refractivity contribution is 0.752. The molecule has 1 aliphatic heterocycles. The lowest BCUT2D eigenvalue weighted by Gasteiger charge is -1.95. The van der Waals surface area contributed by atoms with E-state index in [1.165, 1.54) is 12.1 Å². The molecule has 2 rings (SSSR count). The number of anilines is 1. The van der Waals surface area contributed by atoms with Crippen molar-refractivity contribution >= 4 is 5.95 Å². The molecule has 2 heterocycles. The zero-order valence-corrected chi connectivity index (χ0v) is 6.09. The second-order valence-corrected chi connectivity index (χ2v) is 2.76. The van der Waals surface area contributed by atoms with Crippen LogP contribution in [0.1, 0.15) is 17.8 Å². The summed E-state index contributed by atoms with van der Waals surface area (Å²) in [6.07, 6.45) is 2.37. The maximum atomic E-state index is 5.64. The normalized spacial score (nSPS) is 15.7. The average Bonchev–Trinajstić information content (AvgIpc) is 2.39. The molecule has 0 fully saturated rings. The second kappa shape index (κ2) is 1.75. The van der Waals surface area contributed by atoms with Gasteiger partial charge in [-0.3, -0.25) is 0 Å². The first-order valence-corrected chi connectivity index (χ1v) is 3.60. The molecule has 0 unspecified atom stereocenters. The Bertz CT molecular complexity index is 238. The van der Waals surface area contributed by atoms with Crippen molar-refractivity contribution in [2.45, 2.75) is 26.3 Å². The van der Waals surface area contributed by atoms with Crippen molar-refractivity contribution in [1.29, 1.82) is 0 Å². The highest BCUT2D eigenvalue weighted by atomic mass is 15.2. The number of hydrogen-bond acceptors (Lipinski definition) is 2. The lowest BCUT2D eigenvalue weighted by Crippen LogP contribution is -1.99. The van der Waals surface area contributed by atoms with Crippen LogP contribution in [0.2, 0.25) is 0 Å². The van der Waals surface area contributed by atoms with Crippen LogP contribution in [0.15, 0.2) is 0 Å². The minimum Gasteiger partial charge on any atom is -0.369 e. The van der Waals surface area contributed by atoms with Gasteiger partial charge < -0.3 is 10.3 Å². The van der Waals surface area contributed by atoms with Crippen LogP contribution in [0.4, 0.5) is 5.95 Å². The largest absolute Gasteiger partial charge is 0.369 e. The number of nitrogen functional groups attached to an aromatic ring is 1. The van der Waals surface area contributed by atoms with E-state index in [1.54, 1.807) is 0 Å². The molecule has 3 nitrogen and oxygen atoms in total. The Labute approximate surface area is 59.9 Å². The number of aryl methyl sites for hydroxylation is 1. The van der Waals surface area contributed by atoms with Gasteiger partial charge in [0.25, 0.3) is 0 Å². The molecule has 0 spiro atoms. The van der Waals surface area contributed by atoms with Gasteiger partial charge in [-0.05, 0) is 19.8 Å². The summed E-state index contributed by atoms with van der Waals surface area (Å²) in [6, 6.07) is 0. The van der Waals surface area contributed by atoms with Crippen LogP contribution in [0.5, 0.6) is 0 Å². The van der Waals surface area contributed by atoms with Crippen molar-refractivity contribution in [3.05, 3.63) is 11.4 Å². The summed E-state index contributed by atoms with van der Waals surface area (Å²) in [4.78, 5) is 4.17. The van der Waals surface area contributed by atoms with Crippen molar-refractivity contribution in [2.75, 3.05) is 5.73 Å². The Hall–Kier alpha value is -0.990. The minimum atomic E-state index is 0.685. The zero-order valence-electron chi connectivity index (χ0n) is 6.09. The van der Waals surface area contributed by atoms with Crippen LogP contribution >= 0.6 is 0 Å². The Morgan fingerprint density at radius 1 is 1.60 bits per heavy atom. The third-order valence-electron chi connectivity index (χ3n) is 2.10. The predicted octanol–water partition coefficient (Wildman–Crippen LogP) is 0.720. The summed E-state index contributed by atoms with van der Waals surface area (Å²) in [5.74, 6) is 0.685. The molecule has 0 amide bonds. The van der Waals surface area contributed by atoms with Gasteiger partial charge in [0.15, 0.2) is 0 Å². The molecular weight excluding hydrogens is 126 g/mol. The number of nitrogens with zero attached hydrogens (tertiary/aromatic N) is 2. The lowest BCUT2D eigenvalue weighted by atomic mass is 10.2. The van der Waals surface area contributed by atoms with Crippen LogP contribution in [-0.2, 0) is 13.0 Å². The van der Waals surface area contributed by atoms with E-state index in [4.69, 9.17) is 5.73 Å². The highest BCUT2D eigenvalue weighted by Crippen LogP contribution is 2.21. The Kier molecular flexibility index (Phi) is 1.01. The molecule has 0 radical (unpaired) electrons. The molecule has 1 aliphatic rings. The van der Waals surface area contributed by atoms with E-state index in [2.05, 4.69) is 9.55 Å². The summed E-state index contributed by atoms with van der Waals surface area (Å²) in [5, 5.41) is 0. The van der Waals surface area contributed by atoms with Gasteiger partial charge in [0.2, 0.25) is 5.95 Å². The van der Waals surface area contributed by atoms with Crippen molar-refractivity contribution < 1.29 is 0 Å². The fraction of sp³-hybridized carbons (Fsp3) is 0.571. The van der Waals surface area contributed by atoms with Crippen molar-refractivity contribution in [3.63, 3.8) is 0 Å². The molecule has 1 aromatic rings. The predicted molar refractivity (Wildman–Crippen MR) is 39.7 cm³/mol. The molecule has 10 heavy (non-hydrogen) atoms. The van der Waals surface area contributed by atoms with Crippen LogP contribution in [0.3, 0.4) is 0 Å². The molecule has 0 saturated carbocycles. The van der Waals surface area contributed by atoms with Gasteiger partial charge in [-0.1, -0.05) is 0 Å². The SMILES string of the molecule is Cc1nc(N)n2c1CCC2. The van der Waals surface area contributed by atoms with E-state index >= 15 is 0 Å². The minimum absolute atomic E-state index is 0.685. The van der Waals surface area contributed by atoms with E-state index in [0.29, 0.717) is 5.95 Å². The average molecular weight is 137 g/mol. The Balaban J connectivity index is 2.61. The van der Waals surface area contributed by atoms with Crippen LogP contribution in [-0.4, -0.2) is 9.55 Å². The molecule has 0 aromatic carbocycles. The van der Waals surface area contributed by atoms with Crippen LogP contribution in [0.25, 0.3) is 0 Å². The number of nitrogens with two attached hydrogens (primary N) is 1. The van der Waals surface area contributed by atoms with Gasteiger partial charge in [0.05, 0.1) is 5.69 Å². The van der Waals surface area contributed by atoms with Crippen molar-refractivity contribution in [2.24, 2.45) is 0 Å². The summed E-state index contributed by atoms with van der Waals surface area (Å²) >= 11 is 0. The van der Waals surface area contributed by atoms with Gasteiger partial charge in [-0.2, -0.15) is 0 Å². The van der Waals surface area contributed by atoms with E-state index in [1.807, 2.05) is 6.92 Å². The maximum absolute atomic E-state index is 5.64. The smallest absolute Gasteiger partial charge is 0.200 e. The molecule has 0 saturated heterocycles. The van der Waals surface area contributed by atoms with E-state index in [-0.39, 0.29) is 0 Å². The van der Waals surface area contributed by atoms with Crippen LogP contribution < -0.4 is 5.73 Å². The van der Waals surface area contributed by atoms with Crippen LogP contribution in [0, 0.1) is 6.92 Å². The molecule has 0 aliphatic carbocycles. The highest BCUT2D eigenvalue weighted by Gasteiger charge is 2.16. The number of rotatable bonds is 0. The summed E-state index contributed by atoms with van der Waals surface area (Å²) in [6.45, 7) is 3.08. The third-order valence-corrected chi connectivity index (χ3v) is 2.10. The summed E-state index contributed by atoms with van der Waals surface area (Å²) < 4.78 is 2.11. The fourth-order valence-corrected chi connectivity index (χ4v) is 1.60. The monoisotopic (exact) mass is 137 g/mol. The second-order valence-electron chi connectivity index (χ2n) is 2.76. The zero-order chi connectivity index (χ0) is 7.14. The van der Waals surface area contributed by atoms with Crippen molar-refractivity contribution in [1.82, 2.24) is 9.55 Å². The fourth-order valence-electron chi connectivity index (χ4n) is 1.60. The number of hydrogen-bond donors (Lipinski definition) is 1. The van der Waals surface area contributed by atoms with Gasteiger partial charge in [0.1, 0.15) is 0 Å². The van der Waals surface area contributed by atoms with E-state index in [9.17, 15) is 0 Å². The molecule has 0 bridgehead atoms. The third kappa shape index (κ3) is 0.574. The number of fused-ring (bicyclic) bond motifs is 1. The molecule has 54 valence electrons. The summed E-state index contributed by atoms with van der Waals surface area (Å²) in [5.41, 5.74) is 8.08. The van der Waals surface area contributed by atoms with Gasteiger partial charge in [-0.15, -0.1) is 0 Å². The molecule has 3 heteroatoms. The van der Waals surface area contributed by atoms with E-state index < -0.39 is 0 Å². The quantitative estimate of drug-likeness (QED) is 0.572. The number of imidazole rings is 1. The van der Waals surface area contributed by atoms with Crippen molar-refractivity contribution in [3.8, 4) is 0 Å². The first-order valence-electron chi connectivity index (χ1n) is 3.60. The van der Waals surface area contributed by atoms with Gasteiger partial charge in [-0.25, -0.2) is 4.98 Å². The topological polar surface area (TPSA) is 43.8 Å². The van der Waals surface area contributed by atoms with E-state index in [0.717, 1.165) is 18.7 Å². The first kappa shape index (κ1) is 5.77. The first-order chi connectivity index (χ1) is 4.79.